The number of carbonyl (C=O) groups excluding carboxylic acids is 2. The fourth-order valence-electron chi connectivity index (χ4n) is 1.38. The molecule has 10 heteroatoms. The van der Waals surface area contributed by atoms with Gasteiger partial charge in [-0.15, -0.1) is 0 Å². The van der Waals surface area contributed by atoms with Gasteiger partial charge in [-0.05, 0) is 24.3 Å². The van der Waals surface area contributed by atoms with Crippen molar-refractivity contribution in [3.63, 3.8) is 0 Å². The molecule has 1 N–H and O–H groups in total. The SMILES string of the molecule is CN1C(=O)NS(=O)(=O)N(c2ccc(Cl)cc2)C1=O.[H-].[Na+]. The second kappa shape index (κ2) is 5.68. The van der Waals surface area contributed by atoms with E-state index in [0.29, 0.717) is 14.2 Å². The first-order chi connectivity index (χ1) is 8.33. The molecule has 1 heterocycles. The average molecular weight is 314 g/mol. The predicted octanol–water partition coefficient (Wildman–Crippen LogP) is -1.72. The average Bonchev–Trinajstić information content (AvgIpc) is 2.28. The maximum Gasteiger partial charge on any atom is 1.00 e. The Balaban J connectivity index is 0.00000180. The summed E-state index contributed by atoms with van der Waals surface area (Å²) in [6.45, 7) is 0. The van der Waals surface area contributed by atoms with Crippen LogP contribution in [0.2, 0.25) is 5.02 Å². The third-order valence-corrected chi connectivity index (χ3v) is 3.82. The van der Waals surface area contributed by atoms with Gasteiger partial charge in [-0.1, -0.05) is 11.6 Å². The number of rotatable bonds is 1. The second-order valence-electron chi connectivity index (χ2n) is 3.49. The molecule has 0 bridgehead atoms. The van der Waals surface area contributed by atoms with E-state index >= 15 is 0 Å². The Morgan fingerprint density at radius 1 is 1.21 bits per heavy atom. The van der Waals surface area contributed by atoms with E-state index in [1.807, 2.05) is 0 Å². The van der Waals surface area contributed by atoms with Crippen molar-refractivity contribution in [3.8, 4) is 0 Å². The first-order valence-corrected chi connectivity index (χ1v) is 6.55. The normalized spacial score (nSPS) is 17.8. The van der Waals surface area contributed by atoms with Gasteiger partial charge in [-0.25, -0.2) is 19.2 Å². The number of halogens is 1. The summed E-state index contributed by atoms with van der Waals surface area (Å²) in [6.07, 6.45) is 0. The zero-order valence-electron chi connectivity index (χ0n) is 11.1. The Bertz CT molecular complexity index is 625. The molecule has 1 aliphatic heterocycles. The van der Waals surface area contributed by atoms with Crippen LogP contribution in [0.15, 0.2) is 24.3 Å². The fourth-order valence-corrected chi connectivity index (χ4v) is 2.68. The Morgan fingerprint density at radius 2 is 1.74 bits per heavy atom. The van der Waals surface area contributed by atoms with Gasteiger partial charge in [-0.3, -0.25) is 0 Å². The van der Waals surface area contributed by atoms with Crippen LogP contribution >= 0.6 is 11.6 Å². The largest absolute Gasteiger partial charge is 1.00 e. The van der Waals surface area contributed by atoms with Gasteiger partial charge in [0.05, 0.1) is 5.69 Å². The molecule has 19 heavy (non-hydrogen) atoms. The minimum atomic E-state index is -4.22. The van der Waals surface area contributed by atoms with Gasteiger partial charge in [0.15, 0.2) is 0 Å². The van der Waals surface area contributed by atoms with E-state index in [4.69, 9.17) is 11.6 Å². The Morgan fingerprint density at radius 3 is 2.26 bits per heavy atom. The summed E-state index contributed by atoms with van der Waals surface area (Å²) in [5.41, 5.74) is 0.0938. The topological polar surface area (TPSA) is 86.8 Å². The van der Waals surface area contributed by atoms with E-state index in [0.717, 1.165) is 0 Å². The first-order valence-electron chi connectivity index (χ1n) is 4.73. The van der Waals surface area contributed by atoms with Gasteiger partial charge < -0.3 is 1.43 Å². The molecule has 0 saturated carbocycles. The molecule has 98 valence electrons. The number of amides is 4. The summed E-state index contributed by atoms with van der Waals surface area (Å²) in [5.74, 6) is 0. The summed E-state index contributed by atoms with van der Waals surface area (Å²) in [5, 5.41) is 0.401. The van der Waals surface area contributed by atoms with Crippen LogP contribution in [0.5, 0.6) is 0 Å². The van der Waals surface area contributed by atoms with E-state index in [2.05, 4.69) is 0 Å². The number of imide groups is 1. The molecule has 0 radical (unpaired) electrons. The zero-order valence-corrected chi connectivity index (χ0v) is 13.7. The molecular formula is C9H9ClN3NaO4S. The minimum absolute atomic E-state index is 0. The minimum Gasteiger partial charge on any atom is -1.00 e. The number of nitrogens with one attached hydrogen (secondary N) is 1. The summed E-state index contributed by atoms with van der Waals surface area (Å²) >= 11 is 5.68. The molecular weight excluding hydrogens is 305 g/mol. The second-order valence-corrected chi connectivity index (χ2v) is 5.45. The van der Waals surface area contributed by atoms with E-state index < -0.39 is 22.3 Å². The van der Waals surface area contributed by atoms with Crippen molar-refractivity contribution < 1.29 is 49.0 Å². The molecule has 2 rings (SSSR count). The first kappa shape index (κ1) is 16.3. The van der Waals surface area contributed by atoms with Gasteiger partial charge >= 0.3 is 51.8 Å². The summed E-state index contributed by atoms with van der Waals surface area (Å²) < 4.78 is 25.7. The standard InChI is InChI=1S/C9H8ClN3O4S.Na.H/c1-12-8(14)11-18(16,17)13(9(12)15)7-4-2-6(10)3-5-7;;/h2-5H,1H3,(H,11,14);;/q;+1;-1. The number of anilines is 1. The van der Waals surface area contributed by atoms with Crippen LogP contribution in [0.25, 0.3) is 0 Å². The van der Waals surface area contributed by atoms with E-state index in [-0.39, 0.29) is 36.7 Å². The van der Waals surface area contributed by atoms with Crippen molar-refractivity contribution in [2.45, 2.75) is 0 Å². The van der Waals surface area contributed by atoms with Gasteiger partial charge in [0.2, 0.25) is 0 Å². The van der Waals surface area contributed by atoms with E-state index in [1.165, 1.54) is 31.3 Å². The van der Waals surface area contributed by atoms with Crippen LogP contribution in [0.1, 0.15) is 1.43 Å². The molecule has 1 fully saturated rings. The van der Waals surface area contributed by atoms with Crippen LogP contribution < -0.4 is 38.6 Å². The number of benzene rings is 1. The van der Waals surface area contributed by atoms with E-state index in [9.17, 15) is 18.0 Å². The molecule has 0 aromatic heterocycles. The summed E-state index contributed by atoms with van der Waals surface area (Å²) in [6, 6.07) is 3.66. The van der Waals surface area contributed by atoms with Gasteiger partial charge in [0.25, 0.3) is 0 Å². The monoisotopic (exact) mass is 313 g/mol. The smallest absolute Gasteiger partial charge is 1.00 e. The number of carbonyl (C=O) groups is 2. The predicted molar refractivity (Wildman–Crippen MR) is 65.7 cm³/mol. The number of hydrogen-bond acceptors (Lipinski definition) is 4. The van der Waals surface area contributed by atoms with Crippen LogP contribution in [0, 0.1) is 0 Å². The van der Waals surface area contributed by atoms with Crippen LogP contribution in [-0.4, -0.2) is 32.4 Å². The van der Waals surface area contributed by atoms with Crippen molar-refractivity contribution in [1.29, 1.82) is 0 Å². The molecule has 1 aromatic carbocycles. The third-order valence-electron chi connectivity index (χ3n) is 2.28. The molecule has 0 atom stereocenters. The molecule has 4 amide bonds. The zero-order chi connectivity index (χ0) is 13.5. The Labute approximate surface area is 138 Å². The molecule has 0 spiro atoms. The number of urea groups is 2. The molecule has 1 aromatic rings. The van der Waals surface area contributed by atoms with Crippen molar-refractivity contribution in [2.24, 2.45) is 0 Å². The molecule has 7 nitrogen and oxygen atoms in total. The molecule has 0 unspecified atom stereocenters. The third kappa shape index (κ3) is 3.03. The van der Waals surface area contributed by atoms with Crippen molar-refractivity contribution >= 4 is 39.6 Å². The Kier molecular flexibility index (Phi) is 4.86. The number of hydrogen-bond donors (Lipinski definition) is 1. The maximum absolute atomic E-state index is 11.8. The van der Waals surface area contributed by atoms with Crippen LogP contribution in [0.4, 0.5) is 15.3 Å². The molecule has 1 aliphatic rings. The number of nitrogens with zero attached hydrogens (tertiary/aromatic N) is 2. The summed E-state index contributed by atoms with van der Waals surface area (Å²) in [7, 11) is -3.05. The van der Waals surface area contributed by atoms with Crippen molar-refractivity contribution in [1.82, 2.24) is 9.62 Å². The molecule has 1 saturated heterocycles. The maximum atomic E-state index is 11.8. The van der Waals surface area contributed by atoms with Gasteiger partial charge in [0, 0.05) is 12.1 Å². The van der Waals surface area contributed by atoms with Crippen molar-refractivity contribution in [2.75, 3.05) is 11.4 Å². The van der Waals surface area contributed by atoms with Gasteiger partial charge in [-0.2, -0.15) is 12.7 Å². The van der Waals surface area contributed by atoms with E-state index in [1.54, 1.807) is 4.72 Å². The van der Waals surface area contributed by atoms with Crippen molar-refractivity contribution in [3.05, 3.63) is 29.3 Å². The van der Waals surface area contributed by atoms with Gasteiger partial charge in [0.1, 0.15) is 0 Å². The fraction of sp³-hybridized carbons (Fsp3) is 0.111. The van der Waals surface area contributed by atoms with Crippen LogP contribution in [-0.2, 0) is 10.2 Å². The quantitative estimate of drug-likeness (QED) is 0.625. The molecule has 0 aliphatic carbocycles. The van der Waals surface area contributed by atoms with Crippen LogP contribution in [0.3, 0.4) is 0 Å². The summed E-state index contributed by atoms with van der Waals surface area (Å²) in [4.78, 5) is 23.7. The Hall–Kier alpha value is -0.800.